The Morgan fingerprint density at radius 1 is 1.20 bits per heavy atom. The fourth-order valence-corrected chi connectivity index (χ4v) is 1.88. The van der Waals surface area contributed by atoms with Crippen LogP contribution >= 0.6 is 0 Å². The molecule has 0 aromatic carbocycles. The van der Waals surface area contributed by atoms with Crippen molar-refractivity contribution >= 4 is 0 Å². The van der Waals surface area contributed by atoms with Gasteiger partial charge in [0.05, 0.1) is 0 Å². The molecule has 0 atom stereocenters. The fourth-order valence-electron chi connectivity index (χ4n) is 1.88. The Morgan fingerprint density at radius 2 is 1.90 bits per heavy atom. The van der Waals surface area contributed by atoms with Crippen molar-refractivity contribution in [2.75, 3.05) is 0 Å². The Labute approximate surface area is 65.0 Å². The molecule has 0 unspecified atom stereocenters. The lowest BCUT2D eigenvalue weighted by molar-refractivity contribution is 0.245. The van der Waals surface area contributed by atoms with Crippen LogP contribution in [0.5, 0.6) is 0 Å². The highest BCUT2D eigenvalue weighted by molar-refractivity contribution is 4.93. The number of hydrogen-bond acceptors (Lipinski definition) is 0. The molecule has 10 heavy (non-hydrogen) atoms. The van der Waals surface area contributed by atoms with Crippen LogP contribution in [0.4, 0.5) is 0 Å². The second-order valence-electron chi connectivity index (χ2n) is 3.37. The molecule has 1 fully saturated rings. The number of hydrogen-bond donors (Lipinski definition) is 0. The molecule has 0 spiro atoms. The zero-order valence-corrected chi connectivity index (χ0v) is 7.24. The highest BCUT2D eigenvalue weighted by Gasteiger charge is 2.28. The van der Waals surface area contributed by atoms with Crippen LogP contribution in [0.1, 0.15) is 52.4 Å². The van der Waals surface area contributed by atoms with Gasteiger partial charge in [0.1, 0.15) is 0 Å². The lowest BCUT2D eigenvalue weighted by atomic mass is 9.71. The Balaban J connectivity index is 2.44. The maximum atomic E-state index is 3.63. The maximum Gasteiger partial charge on any atom is -0.0106 e. The van der Waals surface area contributed by atoms with Gasteiger partial charge in [-0.1, -0.05) is 26.7 Å². The maximum absolute atomic E-state index is 3.63. The molecule has 0 aromatic rings. The fraction of sp³-hybridized carbons (Fsp3) is 0.900. The van der Waals surface area contributed by atoms with E-state index < -0.39 is 0 Å². The van der Waals surface area contributed by atoms with E-state index >= 15 is 0 Å². The largest absolute Gasteiger partial charge is 0.0648 e. The lowest BCUT2D eigenvalue weighted by Gasteiger charge is -2.34. The van der Waals surface area contributed by atoms with Gasteiger partial charge in [0, 0.05) is 0 Å². The third-order valence-corrected chi connectivity index (χ3v) is 2.94. The predicted octanol–water partition coefficient (Wildman–Crippen LogP) is 3.45. The molecule has 1 aliphatic carbocycles. The van der Waals surface area contributed by atoms with Crippen LogP contribution in [0.2, 0.25) is 0 Å². The average molecular weight is 138 g/mol. The van der Waals surface area contributed by atoms with E-state index in [2.05, 4.69) is 20.3 Å². The molecule has 0 heteroatoms. The standard InChI is InChI=1S/C10H18/c1-3-10(4-2)8-6-5-7-9-10/h3-8H2,1-2H3. The van der Waals surface area contributed by atoms with Gasteiger partial charge in [-0.25, -0.2) is 0 Å². The SMILES string of the molecule is CCC1(CC)[C]CCCC1. The summed E-state index contributed by atoms with van der Waals surface area (Å²) in [6.45, 7) is 4.59. The molecule has 0 bridgehead atoms. The van der Waals surface area contributed by atoms with Gasteiger partial charge in [-0.2, -0.15) is 0 Å². The quantitative estimate of drug-likeness (QED) is 0.548. The first-order chi connectivity index (χ1) is 4.83. The zero-order valence-electron chi connectivity index (χ0n) is 7.24. The van der Waals surface area contributed by atoms with Gasteiger partial charge in [-0.3, -0.25) is 0 Å². The highest BCUT2D eigenvalue weighted by atomic mass is 14.3. The van der Waals surface area contributed by atoms with Crippen molar-refractivity contribution < 1.29 is 0 Å². The van der Waals surface area contributed by atoms with Crippen molar-refractivity contribution in [1.82, 2.24) is 0 Å². The highest BCUT2D eigenvalue weighted by Crippen LogP contribution is 2.40. The molecule has 2 radical (unpaired) electrons. The molecule has 0 aromatic heterocycles. The minimum Gasteiger partial charge on any atom is -0.0648 e. The molecule has 0 aliphatic heterocycles. The van der Waals surface area contributed by atoms with Crippen molar-refractivity contribution in [1.29, 1.82) is 0 Å². The van der Waals surface area contributed by atoms with Crippen LogP contribution in [-0.2, 0) is 0 Å². The van der Waals surface area contributed by atoms with Gasteiger partial charge in [-0.15, -0.1) is 0 Å². The van der Waals surface area contributed by atoms with Crippen molar-refractivity contribution in [2.24, 2.45) is 5.41 Å². The van der Waals surface area contributed by atoms with Crippen LogP contribution in [0.15, 0.2) is 0 Å². The first-order valence-electron chi connectivity index (χ1n) is 4.58. The predicted molar refractivity (Wildman–Crippen MR) is 44.7 cm³/mol. The third kappa shape index (κ3) is 1.53. The van der Waals surface area contributed by atoms with Gasteiger partial charge in [0.25, 0.3) is 0 Å². The van der Waals surface area contributed by atoms with Crippen molar-refractivity contribution in [3.05, 3.63) is 6.42 Å². The molecular formula is C10H18. The molecule has 0 amide bonds. The van der Waals surface area contributed by atoms with Crippen LogP contribution in [-0.4, -0.2) is 0 Å². The zero-order chi connectivity index (χ0) is 7.45. The molecule has 0 nitrogen and oxygen atoms in total. The van der Waals surface area contributed by atoms with Gasteiger partial charge < -0.3 is 0 Å². The minimum absolute atomic E-state index is 0.512. The summed E-state index contributed by atoms with van der Waals surface area (Å²) in [7, 11) is 0. The summed E-state index contributed by atoms with van der Waals surface area (Å²) in [5.74, 6) is 0. The average Bonchev–Trinajstić information content (AvgIpc) is 2.06. The van der Waals surface area contributed by atoms with Gasteiger partial charge in [0.2, 0.25) is 0 Å². The summed E-state index contributed by atoms with van der Waals surface area (Å²) < 4.78 is 0. The topological polar surface area (TPSA) is 0 Å². The van der Waals surface area contributed by atoms with E-state index in [1.165, 1.54) is 38.5 Å². The summed E-state index contributed by atoms with van der Waals surface area (Å²) in [6, 6.07) is 0. The van der Waals surface area contributed by atoms with E-state index in [4.69, 9.17) is 0 Å². The smallest absolute Gasteiger partial charge is 0.0106 e. The second-order valence-corrected chi connectivity index (χ2v) is 3.37. The van der Waals surface area contributed by atoms with E-state index in [0.29, 0.717) is 5.41 Å². The molecular weight excluding hydrogens is 120 g/mol. The monoisotopic (exact) mass is 138 g/mol. The van der Waals surface area contributed by atoms with Gasteiger partial charge in [-0.05, 0) is 37.5 Å². The normalized spacial score (nSPS) is 24.6. The van der Waals surface area contributed by atoms with Gasteiger partial charge >= 0.3 is 0 Å². The summed E-state index contributed by atoms with van der Waals surface area (Å²) in [4.78, 5) is 0. The van der Waals surface area contributed by atoms with E-state index in [1.807, 2.05) is 0 Å². The van der Waals surface area contributed by atoms with Crippen LogP contribution in [0.25, 0.3) is 0 Å². The first-order valence-corrected chi connectivity index (χ1v) is 4.58. The molecule has 0 saturated heterocycles. The van der Waals surface area contributed by atoms with Crippen molar-refractivity contribution in [2.45, 2.75) is 52.4 Å². The Kier molecular flexibility index (Phi) is 2.76. The molecule has 1 saturated carbocycles. The van der Waals surface area contributed by atoms with E-state index in [9.17, 15) is 0 Å². The summed E-state index contributed by atoms with van der Waals surface area (Å²) in [5.41, 5.74) is 0.512. The first kappa shape index (κ1) is 8.10. The van der Waals surface area contributed by atoms with Crippen LogP contribution in [0, 0.1) is 11.8 Å². The van der Waals surface area contributed by atoms with Crippen LogP contribution in [0.3, 0.4) is 0 Å². The van der Waals surface area contributed by atoms with Crippen LogP contribution < -0.4 is 0 Å². The van der Waals surface area contributed by atoms with Crippen molar-refractivity contribution in [3.63, 3.8) is 0 Å². The lowest BCUT2D eigenvalue weighted by Crippen LogP contribution is -2.22. The van der Waals surface area contributed by atoms with Crippen molar-refractivity contribution in [3.8, 4) is 0 Å². The number of rotatable bonds is 2. The minimum atomic E-state index is 0.512. The van der Waals surface area contributed by atoms with E-state index in [-0.39, 0.29) is 0 Å². The molecule has 1 rings (SSSR count). The second kappa shape index (κ2) is 3.41. The Bertz CT molecular complexity index is 82.2. The molecule has 58 valence electrons. The molecule has 1 aliphatic rings. The summed E-state index contributed by atoms with van der Waals surface area (Å²) in [6.07, 6.45) is 11.7. The Hall–Kier alpha value is 0. The van der Waals surface area contributed by atoms with E-state index in [1.54, 1.807) is 0 Å². The van der Waals surface area contributed by atoms with E-state index in [0.717, 1.165) is 0 Å². The molecule has 0 heterocycles. The van der Waals surface area contributed by atoms with Gasteiger partial charge in [0.15, 0.2) is 0 Å². The Morgan fingerprint density at radius 3 is 2.20 bits per heavy atom. The summed E-state index contributed by atoms with van der Waals surface area (Å²) >= 11 is 0. The summed E-state index contributed by atoms with van der Waals surface area (Å²) in [5, 5.41) is 0. The third-order valence-electron chi connectivity index (χ3n) is 2.94. The molecule has 0 N–H and O–H groups in total.